The fraction of sp³-hybridized carbons (Fsp3) is 0.938. The summed E-state index contributed by atoms with van der Waals surface area (Å²) in [5, 5.41) is 3.14. The minimum absolute atomic E-state index is 0.156. The maximum Gasteiger partial charge on any atom is 0.327 e. The summed E-state index contributed by atoms with van der Waals surface area (Å²) in [7, 11) is 3.96. The van der Waals surface area contributed by atoms with Crippen LogP contribution in [0.15, 0.2) is 0 Å². The smallest absolute Gasteiger partial charge is 0.327 e. The third-order valence-electron chi connectivity index (χ3n) is 4.86. The van der Waals surface area contributed by atoms with Crippen molar-refractivity contribution in [3.63, 3.8) is 0 Å². The lowest BCUT2D eigenvalue weighted by atomic mass is 9.83. The Kier molecular flexibility index (Phi) is 6.96. The molecule has 0 saturated heterocycles. The number of carbonyl (C=O) groups is 1. The highest BCUT2D eigenvalue weighted by Gasteiger charge is 2.36. The molecular weight excluding hydrogens is 252 g/mol. The van der Waals surface area contributed by atoms with Gasteiger partial charge in [0.15, 0.2) is 0 Å². The van der Waals surface area contributed by atoms with Crippen molar-refractivity contribution in [2.45, 2.75) is 64.5 Å². The summed E-state index contributed by atoms with van der Waals surface area (Å²) >= 11 is 0. The summed E-state index contributed by atoms with van der Waals surface area (Å²) in [5.74, 6) is 0.747. The summed E-state index contributed by atoms with van der Waals surface area (Å²) in [6.45, 7) is 7.20. The number of carbonyl (C=O) groups excluding carboxylic acids is 1. The Morgan fingerprint density at radius 2 is 1.90 bits per heavy atom. The second-order valence-electron chi connectivity index (χ2n) is 6.30. The van der Waals surface area contributed by atoms with Gasteiger partial charge in [-0.25, -0.2) is 0 Å². The zero-order chi connectivity index (χ0) is 15.2. The second-order valence-corrected chi connectivity index (χ2v) is 6.30. The van der Waals surface area contributed by atoms with E-state index in [1.165, 1.54) is 32.1 Å². The lowest BCUT2D eigenvalue weighted by Crippen LogP contribution is -2.57. The molecule has 0 aromatic carbocycles. The molecule has 0 aromatic rings. The van der Waals surface area contributed by atoms with E-state index in [1.54, 1.807) is 0 Å². The molecule has 1 aliphatic carbocycles. The van der Waals surface area contributed by atoms with E-state index in [4.69, 9.17) is 4.74 Å². The van der Waals surface area contributed by atoms with Gasteiger partial charge in [0.2, 0.25) is 0 Å². The van der Waals surface area contributed by atoms with Crippen LogP contribution in [0.4, 0.5) is 0 Å². The van der Waals surface area contributed by atoms with E-state index in [-0.39, 0.29) is 5.97 Å². The van der Waals surface area contributed by atoms with E-state index in [1.807, 2.05) is 20.9 Å². The van der Waals surface area contributed by atoms with E-state index < -0.39 is 5.54 Å². The number of hydrogen-bond acceptors (Lipinski definition) is 4. The van der Waals surface area contributed by atoms with Crippen molar-refractivity contribution in [3.05, 3.63) is 0 Å². The number of nitrogens with one attached hydrogen (secondary N) is 1. The molecule has 4 heteroatoms. The molecule has 1 aliphatic rings. The standard InChI is InChI=1S/C16H32N2O2/c1-6-13-8-10-14(11-9-13)18(5)12-16(3,17-4)15(19)20-7-2/h13-14,17H,6-12H2,1-5H3. The Balaban J connectivity index is 2.55. The van der Waals surface area contributed by atoms with Gasteiger partial charge in [0, 0.05) is 12.6 Å². The van der Waals surface area contributed by atoms with Gasteiger partial charge in [-0.15, -0.1) is 0 Å². The van der Waals surface area contributed by atoms with Crippen molar-refractivity contribution in [2.24, 2.45) is 5.92 Å². The van der Waals surface area contributed by atoms with Gasteiger partial charge in [-0.3, -0.25) is 4.79 Å². The Hall–Kier alpha value is -0.610. The molecule has 0 bridgehead atoms. The first kappa shape index (κ1) is 17.4. The molecule has 1 unspecified atom stereocenters. The average molecular weight is 284 g/mol. The summed E-state index contributed by atoms with van der Waals surface area (Å²) < 4.78 is 5.19. The first-order valence-electron chi connectivity index (χ1n) is 8.03. The van der Waals surface area contributed by atoms with Crippen LogP contribution in [0.5, 0.6) is 0 Å². The fourth-order valence-corrected chi connectivity index (χ4v) is 3.16. The lowest BCUT2D eigenvalue weighted by molar-refractivity contribution is -0.151. The van der Waals surface area contributed by atoms with Crippen LogP contribution in [0.25, 0.3) is 0 Å². The number of hydrogen-bond donors (Lipinski definition) is 1. The van der Waals surface area contributed by atoms with Gasteiger partial charge in [-0.05, 0) is 59.5 Å². The van der Waals surface area contributed by atoms with Crippen LogP contribution in [0.3, 0.4) is 0 Å². The molecule has 118 valence electrons. The molecular formula is C16H32N2O2. The van der Waals surface area contributed by atoms with Crippen LogP contribution in [0.1, 0.15) is 52.9 Å². The second kappa shape index (κ2) is 7.99. The normalized spacial score (nSPS) is 26.3. The lowest BCUT2D eigenvalue weighted by Gasteiger charge is -2.38. The van der Waals surface area contributed by atoms with Crippen LogP contribution in [0.2, 0.25) is 0 Å². The van der Waals surface area contributed by atoms with E-state index in [0.717, 1.165) is 5.92 Å². The predicted octanol–water partition coefficient (Wildman–Crippen LogP) is 2.43. The number of nitrogens with zero attached hydrogens (tertiary/aromatic N) is 1. The van der Waals surface area contributed by atoms with Crippen molar-refractivity contribution in [2.75, 3.05) is 27.2 Å². The molecule has 0 radical (unpaired) electrons. The van der Waals surface area contributed by atoms with Crippen LogP contribution in [-0.4, -0.2) is 49.7 Å². The monoisotopic (exact) mass is 284 g/mol. The van der Waals surface area contributed by atoms with E-state index in [0.29, 0.717) is 19.2 Å². The van der Waals surface area contributed by atoms with Crippen LogP contribution >= 0.6 is 0 Å². The van der Waals surface area contributed by atoms with Crippen LogP contribution in [0, 0.1) is 5.92 Å². The molecule has 20 heavy (non-hydrogen) atoms. The third-order valence-corrected chi connectivity index (χ3v) is 4.86. The van der Waals surface area contributed by atoms with E-state index in [9.17, 15) is 4.79 Å². The van der Waals surface area contributed by atoms with Crippen LogP contribution in [-0.2, 0) is 9.53 Å². The Bertz CT molecular complexity index is 301. The highest BCUT2D eigenvalue weighted by molar-refractivity contribution is 5.80. The van der Waals surface area contributed by atoms with Gasteiger partial charge >= 0.3 is 5.97 Å². The number of likely N-dealkylation sites (N-methyl/N-ethyl adjacent to an activating group) is 2. The Morgan fingerprint density at radius 1 is 1.30 bits per heavy atom. The first-order valence-corrected chi connectivity index (χ1v) is 8.03. The van der Waals surface area contributed by atoms with Gasteiger partial charge in [0.25, 0.3) is 0 Å². The summed E-state index contributed by atoms with van der Waals surface area (Å²) in [6.07, 6.45) is 6.44. The average Bonchev–Trinajstić information content (AvgIpc) is 2.47. The highest BCUT2D eigenvalue weighted by atomic mass is 16.5. The maximum absolute atomic E-state index is 12.1. The topological polar surface area (TPSA) is 41.6 Å². The Labute approximate surface area is 124 Å². The molecule has 0 spiro atoms. The molecule has 0 aliphatic heterocycles. The first-order chi connectivity index (χ1) is 9.46. The maximum atomic E-state index is 12.1. The molecule has 0 aromatic heterocycles. The molecule has 4 nitrogen and oxygen atoms in total. The quantitative estimate of drug-likeness (QED) is 0.729. The molecule has 0 heterocycles. The molecule has 1 fully saturated rings. The highest BCUT2D eigenvalue weighted by Crippen LogP contribution is 2.29. The zero-order valence-corrected chi connectivity index (χ0v) is 13.9. The Morgan fingerprint density at radius 3 is 2.35 bits per heavy atom. The van der Waals surface area contributed by atoms with Crippen LogP contribution < -0.4 is 5.32 Å². The summed E-state index contributed by atoms with van der Waals surface area (Å²) in [6, 6.07) is 0.597. The molecule has 0 amide bonds. The molecule has 1 atom stereocenters. The van der Waals surface area contributed by atoms with Gasteiger partial charge in [0.1, 0.15) is 5.54 Å². The number of esters is 1. The molecule has 1 N–H and O–H groups in total. The predicted molar refractivity (Wildman–Crippen MR) is 82.8 cm³/mol. The number of rotatable bonds is 7. The minimum Gasteiger partial charge on any atom is -0.465 e. The van der Waals surface area contributed by atoms with Crippen molar-refractivity contribution < 1.29 is 9.53 Å². The van der Waals surface area contributed by atoms with Crippen molar-refractivity contribution in [1.82, 2.24) is 10.2 Å². The van der Waals surface area contributed by atoms with Crippen molar-refractivity contribution in [1.29, 1.82) is 0 Å². The van der Waals surface area contributed by atoms with E-state index >= 15 is 0 Å². The fourth-order valence-electron chi connectivity index (χ4n) is 3.16. The van der Waals surface area contributed by atoms with Gasteiger partial charge in [-0.2, -0.15) is 0 Å². The zero-order valence-electron chi connectivity index (χ0n) is 13.9. The SMILES string of the molecule is CCOC(=O)C(C)(CN(C)C1CCC(CC)CC1)NC. The van der Waals surface area contributed by atoms with E-state index in [2.05, 4.69) is 24.2 Å². The van der Waals surface area contributed by atoms with Gasteiger partial charge in [0.05, 0.1) is 6.61 Å². The summed E-state index contributed by atoms with van der Waals surface area (Å²) in [4.78, 5) is 14.4. The van der Waals surface area contributed by atoms with Gasteiger partial charge < -0.3 is 15.0 Å². The van der Waals surface area contributed by atoms with Gasteiger partial charge in [-0.1, -0.05) is 13.3 Å². The molecule has 1 saturated carbocycles. The number of ether oxygens (including phenoxy) is 1. The third kappa shape index (κ3) is 4.45. The summed E-state index contributed by atoms with van der Waals surface area (Å²) in [5.41, 5.74) is -0.619. The van der Waals surface area contributed by atoms with Crippen molar-refractivity contribution >= 4 is 5.97 Å². The minimum atomic E-state index is -0.619. The molecule has 1 rings (SSSR count). The van der Waals surface area contributed by atoms with Crippen molar-refractivity contribution in [3.8, 4) is 0 Å². The largest absolute Gasteiger partial charge is 0.465 e.